The second-order valence-corrected chi connectivity index (χ2v) is 4.40. The molecular weight excluding hydrogens is 243 g/mol. The van der Waals surface area contributed by atoms with Gasteiger partial charge in [-0.15, -0.1) is 0 Å². The van der Waals surface area contributed by atoms with Crippen molar-refractivity contribution in [2.75, 3.05) is 5.32 Å². The van der Waals surface area contributed by atoms with Crippen LogP contribution in [0.2, 0.25) is 0 Å². The fourth-order valence-electron chi connectivity index (χ4n) is 2.04. The molecule has 1 aromatic heterocycles. The number of hydrogen-bond acceptors (Lipinski definition) is 3. The third-order valence-corrected chi connectivity index (χ3v) is 3.24. The van der Waals surface area contributed by atoms with Gasteiger partial charge in [-0.1, -0.05) is 6.07 Å². The number of halogens is 1. The number of anilines is 1. The summed E-state index contributed by atoms with van der Waals surface area (Å²) in [5.41, 5.74) is 3.60. The van der Waals surface area contributed by atoms with E-state index in [9.17, 15) is 4.39 Å². The molecule has 0 amide bonds. The Morgan fingerprint density at radius 3 is 2.74 bits per heavy atom. The maximum absolute atomic E-state index is 13.5. The van der Waals surface area contributed by atoms with E-state index in [2.05, 4.69) is 10.4 Å². The van der Waals surface area contributed by atoms with Gasteiger partial charge in [0.15, 0.2) is 0 Å². The molecule has 1 aromatic carbocycles. The molecule has 0 unspecified atom stereocenters. The maximum atomic E-state index is 13.5. The summed E-state index contributed by atoms with van der Waals surface area (Å²) in [5, 5.41) is 16.4. The lowest BCUT2D eigenvalue weighted by Gasteiger charge is -2.09. The zero-order valence-corrected chi connectivity index (χ0v) is 11.2. The van der Waals surface area contributed by atoms with Gasteiger partial charge in [0.05, 0.1) is 11.4 Å². The topological polar surface area (TPSA) is 53.6 Å². The Bertz CT molecular complexity index is 652. The zero-order chi connectivity index (χ0) is 14.0. The van der Waals surface area contributed by atoms with Crippen LogP contribution >= 0.6 is 0 Å². The lowest BCUT2D eigenvalue weighted by Crippen LogP contribution is -2.04. The number of hydrogen-bond donors (Lipinski definition) is 1. The Hall–Kier alpha value is -2.35. The van der Waals surface area contributed by atoms with E-state index >= 15 is 0 Å². The molecule has 0 aliphatic carbocycles. The van der Waals surface area contributed by atoms with Crippen LogP contribution in [-0.2, 0) is 13.6 Å². The maximum Gasteiger partial charge on any atom is 0.143 e. The van der Waals surface area contributed by atoms with Gasteiger partial charge in [0, 0.05) is 24.8 Å². The van der Waals surface area contributed by atoms with E-state index in [0.717, 1.165) is 17.0 Å². The molecule has 98 valence electrons. The number of nitrogens with one attached hydrogen (secondary N) is 1. The van der Waals surface area contributed by atoms with E-state index in [0.29, 0.717) is 12.2 Å². The van der Waals surface area contributed by atoms with Gasteiger partial charge >= 0.3 is 0 Å². The van der Waals surface area contributed by atoms with Gasteiger partial charge in [0.2, 0.25) is 0 Å². The Labute approximate surface area is 111 Å². The highest BCUT2D eigenvalue weighted by Gasteiger charge is 2.11. The molecule has 19 heavy (non-hydrogen) atoms. The highest BCUT2D eigenvalue weighted by atomic mass is 19.1. The van der Waals surface area contributed by atoms with Crippen molar-refractivity contribution >= 4 is 5.69 Å². The first kappa shape index (κ1) is 13.1. The molecule has 0 aliphatic heterocycles. The number of aromatic nitrogens is 2. The minimum Gasteiger partial charge on any atom is -0.380 e. The van der Waals surface area contributed by atoms with Crippen LogP contribution in [0.15, 0.2) is 18.2 Å². The van der Waals surface area contributed by atoms with Crippen LogP contribution in [0.3, 0.4) is 0 Å². The second kappa shape index (κ2) is 5.11. The van der Waals surface area contributed by atoms with Crippen LogP contribution in [0.1, 0.15) is 22.5 Å². The van der Waals surface area contributed by atoms with E-state index < -0.39 is 5.82 Å². The minimum absolute atomic E-state index is 0.0432. The first-order valence-corrected chi connectivity index (χ1v) is 5.96. The molecule has 0 radical (unpaired) electrons. The second-order valence-electron chi connectivity index (χ2n) is 4.40. The SMILES string of the molecule is Cc1nn(C)c(C)c1CNc1cccc(F)c1C#N. The van der Waals surface area contributed by atoms with Crippen LogP contribution < -0.4 is 5.32 Å². The monoisotopic (exact) mass is 258 g/mol. The van der Waals surface area contributed by atoms with Gasteiger partial charge in [0.1, 0.15) is 17.4 Å². The normalized spacial score (nSPS) is 10.3. The first-order chi connectivity index (χ1) is 9.04. The Morgan fingerprint density at radius 1 is 1.42 bits per heavy atom. The molecule has 5 heteroatoms. The molecule has 0 aliphatic rings. The number of nitriles is 1. The highest BCUT2D eigenvalue weighted by Crippen LogP contribution is 2.20. The Kier molecular flexibility index (Phi) is 3.52. The molecule has 0 saturated heterocycles. The van der Waals surface area contributed by atoms with Crippen molar-refractivity contribution in [2.24, 2.45) is 7.05 Å². The van der Waals surface area contributed by atoms with Crippen molar-refractivity contribution in [2.45, 2.75) is 20.4 Å². The summed E-state index contributed by atoms with van der Waals surface area (Å²) in [7, 11) is 1.88. The summed E-state index contributed by atoms with van der Waals surface area (Å²) in [6.07, 6.45) is 0. The van der Waals surface area contributed by atoms with Crippen LogP contribution in [0, 0.1) is 31.0 Å². The van der Waals surface area contributed by atoms with Crippen molar-refractivity contribution in [1.29, 1.82) is 5.26 Å². The average Bonchev–Trinajstić information content (AvgIpc) is 2.61. The molecule has 0 bridgehead atoms. The van der Waals surface area contributed by atoms with Crippen molar-refractivity contribution in [3.8, 4) is 6.07 Å². The van der Waals surface area contributed by atoms with E-state index in [1.165, 1.54) is 6.07 Å². The largest absolute Gasteiger partial charge is 0.380 e. The predicted molar refractivity (Wildman–Crippen MR) is 71.1 cm³/mol. The van der Waals surface area contributed by atoms with Gasteiger partial charge in [-0.2, -0.15) is 10.4 Å². The summed E-state index contributed by atoms with van der Waals surface area (Å²) in [6, 6.07) is 6.44. The fraction of sp³-hybridized carbons (Fsp3) is 0.286. The average molecular weight is 258 g/mol. The van der Waals surface area contributed by atoms with Crippen LogP contribution in [-0.4, -0.2) is 9.78 Å². The third-order valence-electron chi connectivity index (χ3n) is 3.24. The molecule has 2 rings (SSSR count). The third kappa shape index (κ3) is 2.43. The fourth-order valence-corrected chi connectivity index (χ4v) is 2.04. The van der Waals surface area contributed by atoms with Gasteiger partial charge < -0.3 is 5.32 Å². The van der Waals surface area contributed by atoms with Crippen LogP contribution in [0.5, 0.6) is 0 Å². The minimum atomic E-state index is -0.507. The Morgan fingerprint density at radius 2 is 2.16 bits per heavy atom. The van der Waals surface area contributed by atoms with E-state index in [-0.39, 0.29) is 5.56 Å². The quantitative estimate of drug-likeness (QED) is 0.920. The molecule has 2 aromatic rings. The molecular formula is C14H15FN4. The molecule has 4 nitrogen and oxygen atoms in total. The Balaban J connectivity index is 2.25. The lowest BCUT2D eigenvalue weighted by molar-refractivity contribution is 0.624. The molecule has 0 fully saturated rings. The summed E-state index contributed by atoms with van der Waals surface area (Å²) in [6.45, 7) is 4.43. The standard InChI is InChI=1S/C14H15FN4/c1-9-12(10(2)19(3)18-9)8-17-14-6-4-5-13(15)11(14)7-16/h4-6,17H,8H2,1-3H3. The lowest BCUT2D eigenvalue weighted by atomic mass is 10.1. The zero-order valence-electron chi connectivity index (χ0n) is 11.2. The van der Waals surface area contributed by atoms with E-state index in [4.69, 9.17) is 5.26 Å². The first-order valence-electron chi connectivity index (χ1n) is 5.96. The predicted octanol–water partition coefficient (Wildman–Crippen LogP) is 2.66. The summed E-state index contributed by atoms with van der Waals surface area (Å²) < 4.78 is 15.3. The molecule has 0 spiro atoms. The van der Waals surface area contributed by atoms with Gasteiger partial charge in [-0.3, -0.25) is 4.68 Å². The molecule has 1 heterocycles. The van der Waals surface area contributed by atoms with Crippen LogP contribution in [0.25, 0.3) is 0 Å². The van der Waals surface area contributed by atoms with Crippen molar-refractivity contribution in [3.05, 3.63) is 46.5 Å². The summed E-state index contributed by atoms with van der Waals surface area (Å²) >= 11 is 0. The van der Waals surface area contributed by atoms with Crippen molar-refractivity contribution < 1.29 is 4.39 Å². The van der Waals surface area contributed by atoms with E-state index in [1.54, 1.807) is 12.1 Å². The molecule has 0 saturated carbocycles. The van der Waals surface area contributed by atoms with Crippen molar-refractivity contribution in [1.82, 2.24) is 9.78 Å². The van der Waals surface area contributed by atoms with Crippen molar-refractivity contribution in [3.63, 3.8) is 0 Å². The smallest absolute Gasteiger partial charge is 0.143 e. The summed E-state index contributed by atoms with van der Waals surface area (Å²) in [4.78, 5) is 0. The molecule has 0 atom stereocenters. The molecule has 1 N–H and O–H groups in total. The summed E-state index contributed by atoms with van der Waals surface area (Å²) in [5.74, 6) is -0.507. The highest BCUT2D eigenvalue weighted by molar-refractivity contribution is 5.58. The number of aryl methyl sites for hydroxylation is 2. The van der Waals surface area contributed by atoms with Gasteiger partial charge in [-0.25, -0.2) is 4.39 Å². The van der Waals surface area contributed by atoms with Gasteiger partial charge in [-0.05, 0) is 26.0 Å². The number of rotatable bonds is 3. The van der Waals surface area contributed by atoms with E-state index in [1.807, 2.05) is 31.6 Å². The van der Waals surface area contributed by atoms with Gasteiger partial charge in [0.25, 0.3) is 0 Å². The number of nitrogens with zero attached hydrogens (tertiary/aromatic N) is 3. The number of benzene rings is 1. The van der Waals surface area contributed by atoms with Crippen LogP contribution in [0.4, 0.5) is 10.1 Å².